The highest BCUT2D eigenvalue weighted by molar-refractivity contribution is 7.91. The normalized spacial score (nSPS) is 21.5. The second kappa shape index (κ2) is 9.15. The Labute approximate surface area is 181 Å². The third-order valence-electron chi connectivity index (χ3n) is 5.59. The molecule has 0 saturated carbocycles. The van der Waals surface area contributed by atoms with Gasteiger partial charge in [0.25, 0.3) is 0 Å². The molecule has 1 amide bonds. The van der Waals surface area contributed by atoms with E-state index in [2.05, 4.69) is 9.88 Å². The molecule has 2 saturated heterocycles. The molecule has 1 aromatic carbocycles. The van der Waals surface area contributed by atoms with Crippen LogP contribution in [-0.2, 0) is 14.6 Å². The number of piperazine rings is 1. The Bertz CT molecular complexity index is 1070. The van der Waals surface area contributed by atoms with E-state index in [9.17, 15) is 17.6 Å². The molecular formula is C22H24FN3O4S. The van der Waals surface area contributed by atoms with Gasteiger partial charge in [-0.2, -0.15) is 0 Å². The van der Waals surface area contributed by atoms with Gasteiger partial charge in [0.05, 0.1) is 17.7 Å². The summed E-state index contributed by atoms with van der Waals surface area (Å²) in [5, 5.41) is 0. The lowest BCUT2D eigenvalue weighted by Crippen LogP contribution is -2.52. The summed E-state index contributed by atoms with van der Waals surface area (Å²) in [6.45, 7) is 2.42. The standard InChI is InChI=1S/C22H24FN3O4S/c23-20-14-17(3-5-21(20)30-19-2-1-8-24-15-19)4-6-22(27)26-11-9-25(10-12-26)18-7-13-31(28,29)16-18/h1-6,8,14-15,18H,7,9-13,16H2/b6-4+. The smallest absolute Gasteiger partial charge is 0.246 e. The molecule has 2 aliphatic heterocycles. The van der Waals surface area contributed by atoms with Crippen molar-refractivity contribution in [1.82, 2.24) is 14.8 Å². The van der Waals surface area contributed by atoms with E-state index in [0.717, 1.165) is 0 Å². The Morgan fingerprint density at radius 3 is 2.65 bits per heavy atom. The summed E-state index contributed by atoms with van der Waals surface area (Å²) in [5.41, 5.74) is 0.555. The molecule has 0 aliphatic carbocycles. The molecule has 0 radical (unpaired) electrons. The highest BCUT2D eigenvalue weighted by Crippen LogP contribution is 2.25. The predicted octanol–water partition coefficient (Wildman–Crippen LogP) is 2.36. The number of carbonyl (C=O) groups is 1. The summed E-state index contributed by atoms with van der Waals surface area (Å²) in [5.74, 6) is 0.318. The molecule has 9 heteroatoms. The average molecular weight is 446 g/mol. The van der Waals surface area contributed by atoms with Crippen LogP contribution in [0.5, 0.6) is 11.5 Å². The van der Waals surface area contributed by atoms with E-state index in [1.54, 1.807) is 35.4 Å². The van der Waals surface area contributed by atoms with Crippen molar-refractivity contribution in [3.63, 3.8) is 0 Å². The quantitative estimate of drug-likeness (QED) is 0.658. The molecule has 0 N–H and O–H groups in total. The Hall–Kier alpha value is -2.78. The number of hydrogen-bond donors (Lipinski definition) is 0. The van der Waals surface area contributed by atoms with Crippen molar-refractivity contribution in [2.24, 2.45) is 0 Å². The average Bonchev–Trinajstić information content (AvgIpc) is 3.14. The molecule has 1 atom stereocenters. The number of aromatic nitrogens is 1. The molecule has 31 heavy (non-hydrogen) atoms. The van der Waals surface area contributed by atoms with Crippen LogP contribution in [0, 0.1) is 5.82 Å². The number of halogens is 1. The van der Waals surface area contributed by atoms with E-state index in [4.69, 9.17) is 4.74 Å². The third kappa shape index (κ3) is 5.48. The van der Waals surface area contributed by atoms with Gasteiger partial charge in [-0.25, -0.2) is 12.8 Å². The summed E-state index contributed by atoms with van der Waals surface area (Å²) < 4.78 is 43.2. The minimum Gasteiger partial charge on any atom is -0.453 e. The first-order valence-corrected chi connectivity index (χ1v) is 12.0. The van der Waals surface area contributed by atoms with Crippen LogP contribution in [0.15, 0.2) is 48.8 Å². The van der Waals surface area contributed by atoms with Gasteiger partial charge in [0.15, 0.2) is 21.4 Å². The van der Waals surface area contributed by atoms with E-state index in [-0.39, 0.29) is 29.2 Å². The minimum absolute atomic E-state index is 0.0631. The topological polar surface area (TPSA) is 79.8 Å². The number of amides is 1. The molecule has 7 nitrogen and oxygen atoms in total. The van der Waals surface area contributed by atoms with Crippen LogP contribution in [0.3, 0.4) is 0 Å². The zero-order valence-electron chi connectivity index (χ0n) is 17.0. The van der Waals surface area contributed by atoms with E-state index in [0.29, 0.717) is 43.9 Å². The second-order valence-electron chi connectivity index (χ2n) is 7.73. The van der Waals surface area contributed by atoms with Crippen LogP contribution < -0.4 is 4.74 Å². The first-order valence-electron chi connectivity index (χ1n) is 10.2. The Morgan fingerprint density at radius 2 is 2.00 bits per heavy atom. The lowest BCUT2D eigenvalue weighted by atomic mass is 10.1. The summed E-state index contributed by atoms with van der Waals surface area (Å²) in [7, 11) is -2.91. The van der Waals surface area contributed by atoms with E-state index in [1.807, 2.05) is 0 Å². The number of sulfone groups is 1. The fourth-order valence-electron chi connectivity index (χ4n) is 3.88. The number of hydrogen-bond acceptors (Lipinski definition) is 6. The van der Waals surface area contributed by atoms with Gasteiger partial charge < -0.3 is 9.64 Å². The van der Waals surface area contributed by atoms with Gasteiger partial charge in [-0.3, -0.25) is 14.7 Å². The van der Waals surface area contributed by atoms with Crippen LogP contribution >= 0.6 is 0 Å². The molecule has 164 valence electrons. The third-order valence-corrected chi connectivity index (χ3v) is 7.34. The molecule has 0 bridgehead atoms. The van der Waals surface area contributed by atoms with Crippen molar-refractivity contribution in [2.75, 3.05) is 37.7 Å². The lowest BCUT2D eigenvalue weighted by molar-refractivity contribution is -0.127. The lowest BCUT2D eigenvalue weighted by Gasteiger charge is -2.37. The van der Waals surface area contributed by atoms with Crippen LogP contribution in [0.4, 0.5) is 4.39 Å². The van der Waals surface area contributed by atoms with E-state index < -0.39 is 15.7 Å². The van der Waals surface area contributed by atoms with Gasteiger partial charge in [-0.05, 0) is 42.3 Å². The number of carbonyl (C=O) groups excluding carboxylic acids is 1. The molecule has 0 spiro atoms. The van der Waals surface area contributed by atoms with Crippen molar-refractivity contribution in [2.45, 2.75) is 12.5 Å². The minimum atomic E-state index is -2.91. The van der Waals surface area contributed by atoms with E-state index >= 15 is 0 Å². The summed E-state index contributed by atoms with van der Waals surface area (Å²) in [6, 6.07) is 7.95. The highest BCUT2D eigenvalue weighted by atomic mass is 32.2. The summed E-state index contributed by atoms with van der Waals surface area (Å²) >= 11 is 0. The molecule has 4 rings (SSSR count). The molecule has 1 unspecified atom stereocenters. The van der Waals surface area contributed by atoms with Crippen molar-refractivity contribution in [3.8, 4) is 11.5 Å². The number of benzene rings is 1. The van der Waals surface area contributed by atoms with Gasteiger partial charge in [0.2, 0.25) is 5.91 Å². The van der Waals surface area contributed by atoms with Gasteiger partial charge in [-0.1, -0.05) is 6.07 Å². The van der Waals surface area contributed by atoms with E-state index in [1.165, 1.54) is 24.4 Å². The number of rotatable bonds is 5. The zero-order chi connectivity index (χ0) is 21.8. The van der Waals surface area contributed by atoms with Crippen LogP contribution in [0.25, 0.3) is 6.08 Å². The fraction of sp³-hybridized carbons (Fsp3) is 0.364. The van der Waals surface area contributed by atoms with Crippen molar-refractivity contribution in [1.29, 1.82) is 0 Å². The Kier molecular flexibility index (Phi) is 6.33. The van der Waals surface area contributed by atoms with Gasteiger partial charge in [0, 0.05) is 44.5 Å². The van der Waals surface area contributed by atoms with Crippen LogP contribution in [0.2, 0.25) is 0 Å². The van der Waals surface area contributed by atoms with Crippen molar-refractivity contribution >= 4 is 21.8 Å². The van der Waals surface area contributed by atoms with Crippen LogP contribution in [-0.4, -0.2) is 72.8 Å². The largest absolute Gasteiger partial charge is 0.453 e. The van der Waals surface area contributed by atoms with Gasteiger partial charge in [-0.15, -0.1) is 0 Å². The first-order chi connectivity index (χ1) is 14.9. The van der Waals surface area contributed by atoms with Crippen LogP contribution in [0.1, 0.15) is 12.0 Å². The highest BCUT2D eigenvalue weighted by Gasteiger charge is 2.34. The molecule has 2 aliphatic rings. The predicted molar refractivity (Wildman–Crippen MR) is 115 cm³/mol. The first kappa shape index (κ1) is 21.5. The maximum absolute atomic E-state index is 14.3. The SMILES string of the molecule is O=C(/C=C/c1ccc(Oc2cccnc2)c(F)c1)N1CCN(C2CCS(=O)(=O)C2)CC1. The number of nitrogens with zero attached hydrogens (tertiary/aromatic N) is 3. The molecule has 2 fully saturated rings. The summed E-state index contributed by atoms with van der Waals surface area (Å²) in [4.78, 5) is 20.3. The maximum Gasteiger partial charge on any atom is 0.246 e. The molecule has 2 aromatic rings. The monoisotopic (exact) mass is 445 g/mol. The van der Waals surface area contributed by atoms with Crippen molar-refractivity contribution < 1.29 is 22.3 Å². The fourth-order valence-corrected chi connectivity index (χ4v) is 5.64. The summed E-state index contributed by atoms with van der Waals surface area (Å²) in [6.07, 6.45) is 6.79. The zero-order valence-corrected chi connectivity index (χ0v) is 17.8. The molecule has 1 aromatic heterocycles. The Balaban J connectivity index is 1.31. The second-order valence-corrected chi connectivity index (χ2v) is 9.96. The molecule has 3 heterocycles. The molecular weight excluding hydrogens is 421 g/mol. The number of pyridine rings is 1. The van der Waals surface area contributed by atoms with Gasteiger partial charge >= 0.3 is 0 Å². The van der Waals surface area contributed by atoms with Gasteiger partial charge in [0.1, 0.15) is 5.75 Å². The maximum atomic E-state index is 14.3. The number of ether oxygens (including phenoxy) is 1. The Morgan fingerprint density at radius 1 is 1.19 bits per heavy atom. The van der Waals surface area contributed by atoms with Crippen molar-refractivity contribution in [3.05, 3.63) is 60.2 Å².